The molecule has 1 N–H and O–H groups in total. The fraction of sp³-hybridized carbons (Fsp3) is 0.138. The minimum Gasteiger partial charge on any atom is -0.550 e. The van der Waals surface area contributed by atoms with Crippen LogP contribution in [0.3, 0.4) is 0 Å². The van der Waals surface area contributed by atoms with E-state index >= 15 is 0 Å². The summed E-state index contributed by atoms with van der Waals surface area (Å²) < 4.78 is 0. The van der Waals surface area contributed by atoms with E-state index < -0.39 is 13.2 Å². The molecule has 0 fully saturated rings. The van der Waals surface area contributed by atoms with Crippen LogP contribution in [0.15, 0.2) is 115 Å². The molecule has 168 valence electrons. The largest absolute Gasteiger partial charge is 0.550 e. The van der Waals surface area contributed by atoms with E-state index in [0.717, 1.165) is 19.6 Å². The van der Waals surface area contributed by atoms with Crippen molar-refractivity contribution in [3.63, 3.8) is 0 Å². The van der Waals surface area contributed by atoms with Gasteiger partial charge in [0.25, 0.3) is 0 Å². The molecule has 4 aromatic rings. The van der Waals surface area contributed by atoms with Crippen molar-refractivity contribution in [2.24, 2.45) is 0 Å². The molecule has 3 nitrogen and oxygen atoms in total. The highest BCUT2D eigenvalue weighted by Gasteiger charge is 2.44. The zero-order valence-electron chi connectivity index (χ0n) is 19.1. The maximum Gasteiger partial charge on any atom is 0.113 e. The Hall–Kier alpha value is -3.42. The van der Waals surface area contributed by atoms with Crippen LogP contribution < -0.4 is 26.3 Å². The van der Waals surface area contributed by atoms with Gasteiger partial charge in [-0.25, -0.2) is 0 Å². The SMILES string of the molecule is CC(=O)[O-].Cc1ccccc1NCC[P+](c1ccccc1)(c1ccccc1)c1ccccc1. The topological polar surface area (TPSA) is 52.2 Å². The smallest absolute Gasteiger partial charge is 0.113 e. The molecule has 0 radical (unpaired) electrons. The molecular weight excluding hydrogens is 425 g/mol. The maximum atomic E-state index is 8.89. The van der Waals surface area contributed by atoms with Crippen LogP contribution in [0.4, 0.5) is 5.69 Å². The summed E-state index contributed by atoms with van der Waals surface area (Å²) in [6.07, 6.45) is 1.07. The quantitative estimate of drug-likeness (QED) is 0.426. The zero-order chi connectivity index (χ0) is 23.5. The second-order valence-electron chi connectivity index (χ2n) is 7.77. The molecule has 0 aliphatic rings. The Morgan fingerprint density at radius 1 is 0.697 bits per heavy atom. The van der Waals surface area contributed by atoms with E-state index in [4.69, 9.17) is 9.90 Å². The number of carboxylic acids is 1. The van der Waals surface area contributed by atoms with Gasteiger partial charge in [0.2, 0.25) is 0 Å². The lowest BCUT2D eigenvalue weighted by atomic mass is 10.2. The summed E-state index contributed by atoms with van der Waals surface area (Å²) in [5.41, 5.74) is 2.51. The van der Waals surface area contributed by atoms with Crippen molar-refractivity contribution in [3.8, 4) is 0 Å². The number of aryl methyl sites for hydroxylation is 1. The van der Waals surface area contributed by atoms with E-state index in [1.165, 1.54) is 27.2 Å². The van der Waals surface area contributed by atoms with Gasteiger partial charge in [0.1, 0.15) is 23.2 Å². The molecule has 0 atom stereocenters. The Labute approximate surface area is 197 Å². The number of rotatable bonds is 7. The van der Waals surface area contributed by atoms with Gasteiger partial charge in [-0.15, -0.1) is 0 Å². The second-order valence-corrected chi connectivity index (χ2v) is 11.4. The molecule has 0 aromatic heterocycles. The first-order valence-corrected chi connectivity index (χ1v) is 13.0. The van der Waals surface area contributed by atoms with Gasteiger partial charge in [-0.2, -0.15) is 0 Å². The minimum atomic E-state index is -1.77. The van der Waals surface area contributed by atoms with Crippen LogP contribution in [-0.2, 0) is 4.79 Å². The lowest BCUT2D eigenvalue weighted by Crippen LogP contribution is -2.35. The van der Waals surface area contributed by atoms with Gasteiger partial charge < -0.3 is 15.2 Å². The van der Waals surface area contributed by atoms with Crippen molar-refractivity contribution in [3.05, 3.63) is 121 Å². The number of hydrogen-bond acceptors (Lipinski definition) is 3. The molecule has 0 aliphatic heterocycles. The highest BCUT2D eigenvalue weighted by Crippen LogP contribution is 2.54. The number of carbonyl (C=O) groups is 1. The highest BCUT2D eigenvalue weighted by molar-refractivity contribution is 7.95. The number of hydrogen-bond donors (Lipinski definition) is 1. The predicted octanol–water partition coefficient (Wildman–Crippen LogP) is 4.16. The van der Waals surface area contributed by atoms with Gasteiger partial charge in [-0.05, 0) is 61.9 Å². The van der Waals surface area contributed by atoms with Crippen molar-refractivity contribution in [2.75, 3.05) is 18.0 Å². The van der Waals surface area contributed by atoms with Crippen LogP contribution in [0.25, 0.3) is 0 Å². The molecular formula is C29H30NO2P. The summed E-state index contributed by atoms with van der Waals surface area (Å²) in [5.74, 6) is -1.08. The Kier molecular flexibility index (Phi) is 8.80. The third-order valence-electron chi connectivity index (χ3n) is 5.50. The van der Waals surface area contributed by atoms with Crippen LogP contribution in [0.5, 0.6) is 0 Å². The summed E-state index contributed by atoms with van der Waals surface area (Å²) in [5, 5.41) is 16.9. The van der Waals surface area contributed by atoms with Crippen LogP contribution in [0.2, 0.25) is 0 Å². The average molecular weight is 456 g/mol. The Morgan fingerprint density at radius 3 is 1.45 bits per heavy atom. The number of nitrogens with one attached hydrogen (secondary N) is 1. The number of carbonyl (C=O) groups excluding carboxylic acids is 1. The second kappa shape index (κ2) is 12.0. The number of carboxylic acid groups (broad SMARTS) is 1. The molecule has 0 saturated heterocycles. The van der Waals surface area contributed by atoms with Crippen LogP contribution in [0.1, 0.15) is 12.5 Å². The van der Waals surface area contributed by atoms with E-state index in [1.54, 1.807) is 0 Å². The molecule has 0 bridgehead atoms. The summed E-state index contributed by atoms with van der Waals surface area (Å²) in [6, 6.07) is 41.7. The predicted molar refractivity (Wildman–Crippen MR) is 140 cm³/mol. The monoisotopic (exact) mass is 455 g/mol. The average Bonchev–Trinajstić information content (AvgIpc) is 2.84. The van der Waals surface area contributed by atoms with E-state index in [2.05, 4.69) is 128 Å². The van der Waals surface area contributed by atoms with Gasteiger partial charge in [0, 0.05) is 18.2 Å². The Balaban J connectivity index is 0.000000709. The fourth-order valence-electron chi connectivity index (χ4n) is 4.01. The van der Waals surface area contributed by atoms with Crippen molar-refractivity contribution in [1.82, 2.24) is 0 Å². The maximum absolute atomic E-state index is 8.89. The molecule has 4 aromatic carbocycles. The van der Waals surface area contributed by atoms with Crippen molar-refractivity contribution < 1.29 is 9.90 Å². The van der Waals surface area contributed by atoms with E-state index in [0.29, 0.717) is 0 Å². The van der Waals surface area contributed by atoms with Crippen molar-refractivity contribution in [1.29, 1.82) is 0 Å². The summed E-state index contributed by atoms with van der Waals surface area (Å²) in [6.45, 7) is 4.06. The molecule has 4 heteroatoms. The number of aliphatic carboxylic acids is 1. The molecule has 0 amide bonds. The first kappa shape index (κ1) is 24.2. The number of anilines is 1. The van der Waals surface area contributed by atoms with Crippen LogP contribution in [-0.4, -0.2) is 18.7 Å². The Morgan fingerprint density at radius 2 is 1.06 bits per heavy atom. The molecule has 33 heavy (non-hydrogen) atoms. The molecule has 0 saturated carbocycles. The van der Waals surface area contributed by atoms with Gasteiger partial charge in [-0.3, -0.25) is 0 Å². The van der Waals surface area contributed by atoms with Crippen molar-refractivity contribution >= 4 is 34.8 Å². The molecule has 4 rings (SSSR count). The number of benzene rings is 4. The van der Waals surface area contributed by atoms with Crippen LogP contribution in [0, 0.1) is 6.92 Å². The summed E-state index contributed by atoms with van der Waals surface area (Å²) in [7, 11) is -1.77. The molecule has 0 spiro atoms. The van der Waals surface area contributed by atoms with Gasteiger partial charge in [0.15, 0.2) is 0 Å². The normalized spacial score (nSPS) is 10.6. The highest BCUT2D eigenvalue weighted by atomic mass is 31.2. The third-order valence-corrected chi connectivity index (χ3v) is 9.93. The van der Waals surface area contributed by atoms with E-state index in [9.17, 15) is 0 Å². The zero-order valence-corrected chi connectivity index (χ0v) is 20.0. The third kappa shape index (κ3) is 6.31. The first-order valence-electron chi connectivity index (χ1n) is 11.1. The lowest BCUT2D eigenvalue weighted by molar-refractivity contribution is -0.302. The standard InChI is InChI=1S/C27H27NP.C2H4O2/c1-23-13-11-12-20-27(23)28-21-22-29(24-14-5-2-6-15-24,25-16-7-3-8-17-25)26-18-9-4-10-19-26;1-2(3)4/h2-20,28H,21-22H2,1H3;1H3,(H,3,4)/q+1;/p-1. The molecule has 0 unspecified atom stereocenters. The fourth-order valence-corrected chi connectivity index (χ4v) is 8.17. The lowest BCUT2D eigenvalue weighted by Gasteiger charge is -2.28. The summed E-state index contributed by atoms with van der Waals surface area (Å²) >= 11 is 0. The minimum absolute atomic E-state index is 0.928. The van der Waals surface area contributed by atoms with Crippen LogP contribution >= 0.6 is 7.26 Å². The van der Waals surface area contributed by atoms with Gasteiger partial charge in [-0.1, -0.05) is 72.8 Å². The first-order chi connectivity index (χ1) is 16.0. The number of para-hydroxylation sites is 1. The van der Waals surface area contributed by atoms with E-state index in [1.807, 2.05) is 0 Å². The summed E-state index contributed by atoms with van der Waals surface area (Å²) in [4.78, 5) is 8.89. The van der Waals surface area contributed by atoms with Crippen molar-refractivity contribution in [2.45, 2.75) is 13.8 Å². The Bertz CT molecular complexity index is 1030. The van der Waals surface area contributed by atoms with Gasteiger partial charge in [0.05, 0.1) is 6.16 Å². The molecule has 0 heterocycles. The van der Waals surface area contributed by atoms with E-state index in [-0.39, 0.29) is 0 Å². The van der Waals surface area contributed by atoms with Gasteiger partial charge >= 0.3 is 0 Å². The molecule has 0 aliphatic carbocycles.